The second-order valence-corrected chi connectivity index (χ2v) is 10.2. The molecular weight excluding hydrogens is 554 g/mol. The van der Waals surface area contributed by atoms with Gasteiger partial charge < -0.3 is 9.30 Å². The number of hydrogen-bond donors (Lipinski definition) is 0. The molecule has 2 aromatic heterocycles. The predicted octanol–water partition coefficient (Wildman–Crippen LogP) is 6.83. The largest absolute Gasteiger partial charge is 0.483 e. The number of aromatic nitrogens is 3. The highest BCUT2D eigenvalue weighted by molar-refractivity contribution is 9.10. The second-order valence-electron chi connectivity index (χ2n) is 9.33. The van der Waals surface area contributed by atoms with E-state index in [4.69, 9.17) is 9.72 Å². The molecule has 0 unspecified atom stereocenters. The molecule has 0 bridgehead atoms. The van der Waals surface area contributed by atoms with Crippen molar-refractivity contribution in [2.45, 2.75) is 6.42 Å². The number of carbonyl (C=O) groups is 2. The molecule has 0 atom stereocenters. The summed E-state index contributed by atoms with van der Waals surface area (Å²) in [7, 11) is 2.02. The van der Waals surface area contributed by atoms with Crippen LogP contribution in [0.4, 0.5) is 0 Å². The zero-order valence-corrected chi connectivity index (χ0v) is 22.8. The molecule has 0 aliphatic rings. The number of aryl methyl sites for hydroxylation is 1. The number of carbonyl (C=O) groups excluding carboxylic acids is 2. The number of ketones is 1. The average Bonchev–Trinajstić information content (AvgIpc) is 3.49. The summed E-state index contributed by atoms with van der Waals surface area (Å²) in [6, 6.07) is 30.1. The van der Waals surface area contributed by atoms with Crippen LogP contribution < -0.4 is 4.74 Å². The van der Waals surface area contributed by atoms with Crippen LogP contribution in [0.3, 0.4) is 0 Å². The van der Waals surface area contributed by atoms with Gasteiger partial charge in [-0.2, -0.15) is 0 Å². The smallest absolute Gasteiger partial charge is 0.270 e. The van der Waals surface area contributed by atoms with E-state index in [0.29, 0.717) is 33.6 Å². The van der Waals surface area contributed by atoms with Gasteiger partial charge >= 0.3 is 0 Å². The highest BCUT2D eigenvalue weighted by Crippen LogP contribution is 2.28. The van der Waals surface area contributed by atoms with Gasteiger partial charge in [0.2, 0.25) is 0 Å². The van der Waals surface area contributed by atoms with Crippen LogP contribution in [0, 0.1) is 0 Å². The summed E-state index contributed by atoms with van der Waals surface area (Å²) in [6.45, 7) is -0.187. The van der Waals surface area contributed by atoms with Crippen LogP contribution in [0.25, 0.3) is 21.9 Å². The first kappa shape index (κ1) is 24.8. The Labute approximate surface area is 233 Å². The summed E-state index contributed by atoms with van der Waals surface area (Å²) in [5.74, 6) is 0.828. The van der Waals surface area contributed by atoms with Crippen molar-refractivity contribution < 1.29 is 14.3 Å². The van der Waals surface area contributed by atoms with Gasteiger partial charge in [-0.1, -0.05) is 60.7 Å². The number of imidazole rings is 1. The number of rotatable bonds is 7. The molecule has 0 N–H and O–H groups in total. The van der Waals surface area contributed by atoms with Gasteiger partial charge in [0.15, 0.2) is 12.4 Å². The fourth-order valence-electron chi connectivity index (χ4n) is 4.93. The Morgan fingerprint density at radius 1 is 0.846 bits per heavy atom. The van der Waals surface area contributed by atoms with Gasteiger partial charge in [-0.15, -0.1) is 0 Å². The van der Waals surface area contributed by atoms with Crippen molar-refractivity contribution in [1.29, 1.82) is 0 Å². The van der Waals surface area contributed by atoms with E-state index in [1.165, 1.54) is 0 Å². The van der Waals surface area contributed by atoms with Crippen LogP contribution in [-0.2, 0) is 13.5 Å². The van der Waals surface area contributed by atoms with Crippen molar-refractivity contribution in [2.75, 3.05) is 6.61 Å². The van der Waals surface area contributed by atoms with E-state index < -0.39 is 0 Å². The predicted molar refractivity (Wildman–Crippen MR) is 156 cm³/mol. The molecule has 7 heteroatoms. The van der Waals surface area contributed by atoms with Crippen LogP contribution in [0.1, 0.15) is 32.1 Å². The Balaban J connectivity index is 1.26. The van der Waals surface area contributed by atoms with E-state index in [-0.39, 0.29) is 18.3 Å². The van der Waals surface area contributed by atoms with E-state index in [2.05, 4.69) is 38.8 Å². The lowest BCUT2D eigenvalue weighted by Gasteiger charge is -2.11. The number of ether oxygens (including phenoxy) is 1. The van der Waals surface area contributed by atoms with Gasteiger partial charge in [0.1, 0.15) is 11.6 Å². The summed E-state index contributed by atoms with van der Waals surface area (Å²) >= 11 is 3.50. The number of halogens is 1. The Morgan fingerprint density at radius 2 is 1.56 bits per heavy atom. The molecule has 0 fully saturated rings. The maximum Gasteiger partial charge on any atom is 0.270 e. The first-order chi connectivity index (χ1) is 19.0. The van der Waals surface area contributed by atoms with Gasteiger partial charge in [-0.25, -0.2) is 4.98 Å². The van der Waals surface area contributed by atoms with Crippen LogP contribution >= 0.6 is 15.9 Å². The first-order valence-corrected chi connectivity index (χ1v) is 13.3. The lowest BCUT2D eigenvalue weighted by molar-refractivity contribution is 0.0838. The number of para-hydroxylation sites is 3. The maximum atomic E-state index is 13.6. The molecule has 0 saturated carbocycles. The molecule has 0 amide bonds. The third kappa shape index (κ3) is 4.77. The first-order valence-electron chi connectivity index (χ1n) is 12.5. The Kier molecular flexibility index (Phi) is 6.59. The van der Waals surface area contributed by atoms with Crippen molar-refractivity contribution in [3.63, 3.8) is 0 Å². The maximum absolute atomic E-state index is 13.6. The third-order valence-electron chi connectivity index (χ3n) is 6.79. The summed E-state index contributed by atoms with van der Waals surface area (Å²) in [4.78, 5) is 31.2. The zero-order valence-electron chi connectivity index (χ0n) is 21.2. The molecule has 6 rings (SSSR count). The molecule has 2 heterocycles. The topological polar surface area (TPSA) is 66.1 Å². The highest BCUT2D eigenvalue weighted by atomic mass is 79.9. The lowest BCUT2D eigenvalue weighted by Crippen LogP contribution is -2.21. The Hall–Kier alpha value is -4.49. The lowest BCUT2D eigenvalue weighted by atomic mass is 10.0. The van der Waals surface area contributed by atoms with E-state index in [1.807, 2.05) is 61.6 Å². The molecule has 4 aromatic carbocycles. The molecule has 0 radical (unpaired) electrons. The van der Waals surface area contributed by atoms with Crippen molar-refractivity contribution in [1.82, 2.24) is 14.1 Å². The minimum Gasteiger partial charge on any atom is -0.483 e. The number of nitrogens with zero attached hydrogens (tertiary/aromatic N) is 3. The standard InChI is InChI=1S/C32H24BrN3O3/c1-35-19-23(24-11-5-7-13-27(24)35)18-30-34-26-12-6-8-14-28(26)36(30)31(37)20-39-29-16-15-22(17-25(29)33)32(38)21-9-3-2-4-10-21/h2-17,19H,18,20H2,1H3. The Bertz CT molecular complexity index is 1850. The van der Waals surface area contributed by atoms with Gasteiger partial charge in [-0.3, -0.25) is 14.2 Å². The molecular formula is C32H24BrN3O3. The summed E-state index contributed by atoms with van der Waals surface area (Å²) in [6.07, 6.45) is 2.59. The quantitative estimate of drug-likeness (QED) is 0.195. The van der Waals surface area contributed by atoms with Crippen LogP contribution in [-0.4, -0.2) is 32.4 Å². The average molecular weight is 578 g/mol. The normalized spacial score (nSPS) is 11.2. The summed E-state index contributed by atoms with van der Waals surface area (Å²) in [5.41, 5.74) is 4.86. The van der Waals surface area contributed by atoms with Crippen molar-refractivity contribution in [3.05, 3.63) is 130 Å². The Morgan fingerprint density at radius 3 is 2.36 bits per heavy atom. The van der Waals surface area contributed by atoms with Gasteiger partial charge in [0.05, 0.1) is 15.5 Å². The molecule has 6 nitrogen and oxygen atoms in total. The van der Waals surface area contributed by atoms with Crippen molar-refractivity contribution in [2.24, 2.45) is 7.05 Å². The van der Waals surface area contributed by atoms with Crippen molar-refractivity contribution in [3.8, 4) is 5.75 Å². The second kappa shape index (κ2) is 10.3. The monoisotopic (exact) mass is 577 g/mol. The van der Waals surface area contributed by atoms with Crippen LogP contribution in [0.15, 0.2) is 108 Å². The molecule has 6 aromatic rings. The van der Waals surface area contributed by atoms with Gasteiger partial charge in [-0.05, 0) is 57.9 Å². The molecule has 39 heavy (non-hydrogen) atoms. The van der Waals surface area contributed by atoms with E-state index in [0.717, 1.165) is 27.5 Å². The van der Waals surface area contributed by atoms with E-state index in [1.54, 1.807) is 34.9 Å². The fourth-order valence-corrected chi connectivity index (χ4v) is 5.42. The van der Waals surface area contributed by atoms with Crippen molar-refractivity contribution >= 4 is 49.6 Å². The molecule has 0 aliphatic heterocycles. The SMILES string of the molecule is Cn1cc(Cc2nc3ccccc3n2C(=O)COc2ccc(C(=O)c3ccccc3)cc2Br)c2ccccc21. The number of hydrogen-bond acceptors (Lipinski definition) is 4. The fraction of sp³-hybridized carbons (Fsp3) is 0.0938. The molecule has 192 valence electrons. The van der Waals surface area contributed by atoms with Crippen LogP contribution in [0.2, 0.25) is 0 Å². The van der Waals surface area contributed by atoms with E-state index in [9.17, 15) is 9.59 Å². The molecule has 0 saturated heterocycles. The number of fused-ring (bicyclic) bond motifs is 2. The minimum absolute atomic E-state index is 0.0816. The third-order valence-corrected chi connectivity index (χ3v) is 7.41. The number of benzene rings is 4. The molecule has 0 spiro atoms. The minimum atomic E-state index is -0.227. The van der Waals surface area contributed by atoms with Crippen LogP contribution in [0.5, 0.6) is 5.75 Å². The highest BCUT2D eigenvalue weighted by Gasteiger charge is 2.20. The van der Waals surface area contributed by atoms with Gasteiger partial charge in [0, 0.05) is 41.7 Å². The van der Waals surface area contributed by atoms with E-state index >= 15 is 0 Å². The summed E-state index contributed by atoms with van der Waals surface area (Å²) in [5, 5.41) is 1.14. The van der Waals surface area contributed by atoms with Gasteiger partial charge in [0.25, 0.3) is 5.91 Å². The zero-order chi connectivity index (χ0) is 26.9. The summed E-state index contributed by atoms with van der Waals surface area (Å²) < 4.78 is 10.3. The molecule has 0 aliphatic carbocycles.